The number of hydrogen-bond acceptors (Lipinski definition) is 6. The van der Waals surface area contributed by atoms with Crippen molar-refractivity contribution in [1.82, 2.24) is 10.6 Å². The average molecular weight is 876 g/mol. The number of rotatable bonds is 11. The predicted octanol–water partition coefficient (Wildman–Crippen LogP) is 12.7. The van der Waals surface area contributed by atoms with Crippen LogP contribution in [-0.2, 0) is 13.1 Å². The molecule has 316 valence electrons. The predicted molar refractivity (Wildman–Crippen MR) is 242 cm³/mol. The van der Waals surface area contributed by atoms with Crippen LogP contribution in [0.4, 0.5) is 36.7 Å². The van der Waals surface area contributed by atoms with Gasteiger partial charge in [-0.25, -0.2) is 14.0 Å². The maximum Gasteiger partial charge on any atom is 0.319 e. The molecule has 14 heteroatoms. The Morgan fingerprint density at radius 2 is 1.08 bits per heavy atom. The molecule has 0 aliphatic heterocycles. The second kappa shape index (κ2) is 21.8. The molecule has 60 heavy (non-hydrogen) atoms. The molecule has 0 heterocycles. The van der Waals surface area contributed by atoms with E-state index in [-0.39, 0.29) is 68.5 Å². The van der Waals surface area contributed by atoms with Crippen molar-refractivity contribution in [2.24, 2.45) is 0 Å². The highest BCUT2D eigenvalue weighted by atomic mass is 35.5. The quantitative estimate of drug-likeness (QED) is 0.0490. The summed E-state index contributed by atoms with van der Waals surface area (Å²) in [5.74, 6) is -0.679. The van der Waals surface area contributed by atoms with E-state index in [1.807, 2.05) is 36.4 Å². The van der Waals surface area contributed by atoms with Crippen LogP contribution < -0.4 is 31.9 Å². The zero-order valence-electron chi connectivity index (χ0n) is 33.1. The largest absolute Gasteiger partial charge is 0.504 e. The Morgan fingerprint density at radius 1 is 0.583 bits per heavy atom. The van der Waals surface area contributed by atoms with Gasteiger partial charge >= 0.3 is 12.1 Å². The van der Waals surface area contributed by atoms with Gasteiger partial charge in [0.15, 0.2) is 11.5 Å². The lowest BCUT2D eigenvalue weighted by molar-refractivity contribution is 0.243. The Labute approximate surface area is 365 Å². The molecule has 0 bridgehead atoms. The number of carbonyl (C=O) groups excluding carboxylic acids is 2. The minimum Gasteiger partial charge on any atom is -0.504 e. The Morgan fingerprint density at radius 3 is 1.62 bits per heavy atom. The molecule has 10 nitrogen and oxygen atoms in total. The second-order valence-corrected chi connectivity index (χ2v) is 16.2. The molecule has 0 aromatic heterocycles. The molecule has 0 spiro atoms. The number of amides is 4. The maximum absolute atomic E-state index is 13.9. The molecule has 0 unspecified atom stereocenters. The van der Waals surface area contributed by atoms with E-state index < -0.39 is 5.82 Å². The molecule has 5 aromatic carbocycles. The molecule has 8 N–H and O–H groups in total. The van der Waals surface area contributed by atoms with E-state index in [2.05, 4.69) is 50.1 Å². The molecule has 0 saturated heterocycles. The lowest BCUT2D eigenvalue weighted by Gasteiger charge is -2.23. The van der Waals surface area contributed by atoms with E-state index in [0.29, 0.717) is 23.6 Å². The van der Waals surface area contributed by atoms with Crippen LogP contribution in [0.5, 0.6) is 11.5 Å². The van der Waals surface area contributed by atoms with Gasteiger partial charge in [-0.3, -0.25) is 0 Å². The second-order valence-electron chi connectivity index (χ2n) is 15.0. The summed E-state index contributed by atoms with van der Waals surface area (Å²) in [5, 5.41) is 38.9. The first-order valence-electron chi connectivity index (χ1n) is 20.3. The van der Waals surface area contributed by atoms with Crippen molar-refractivity contribution in [2.45, 2.75) is 89.4 Å². The van der Waals surface area contributed by atoms with Gasteiger partial charge in [0.05, 0.1) is 21.4 Å². The van der Waals surface area contributed by atoms with Crippen LogP contribution in [-0.4, -0.2) is 34.4 Å². The van der Waals surface area contributed by atoms with Gasteiger partial charge in [0.1, 0.15) is 5.82 Å². The maximum atomic E-state index is 13.9. The van der Waals surface area contributed by atoms with Crippen molar-refractivity contribution in [2.75, 3.05) is 21.3 Å². The Hall–Kier alpha value is -5.36. The molecule has 2 aliphatic rings. The fourth-order valence-electron chi connectivity index (χ4n) is 7.46. The van der Waals surface area contributed by atoms with Crippen molar-refractivity contribution in [1.29, 1.82) is 0 Å². The number of phenols is 2. The van der Waals surface area contributed by atoms with Crippen molar-refractivity contribution in [3.63, 3.8) is 0 Å². The van der Waals surface area contributed by atoms with Crippen LogP contribution in [0.25, 0.3) is 11.1 Å². The first-order valence-corrected chi connectivity index (χ1v) is 21.4. The summed E-state index contributed by atoms with van der Waals surface area (Å²) in [4.78, 5) is 24.7. The number of phenolic OH excluding ortho intramolecular Hbond substituents is 2. The van der Waals surface area contributed by atoms with Gasteiger partial charge in [-0.05, 0) is 78.8 Å². The van der Waals surface area contributed by atoms with Gasteiger partial charge in [0, 0.05) is 47.1 Å². The molecule has 2 fully saturated rings. The Bertz CT molecular complexity index is 2220. The summed E-state index contributed by atoms with van der Waals surface area (Å²) >= 11 is 18.3. The normalized spacial score (nSPS) is 14.3. The number of nitrogens with one attached hydrogen (secondary N) is 6. The van der Waals surface area contributed by atoms with Crippen LogP contribution in [0, 0.1) is 5.82 Å². The number of halogens is 4. The number of urea groups is 2. The van der Waals surface area contributed by atoms with Gasteiger partial charge in [0.2, 0.25) is 0 Å². The highest BCUT2D eigenvalue weighted by molar-refractivity contribution is 6.33. The smallest absolute Gasteiger partial charge is 0.319 e. The summed E-state index contributed by atoms with van der Waals surface area (Å²) in [5.41, 5.74) is 5.27. The third-order valence-electron chi connectivity index (χ3n) is 10.6. The van der Waals surface area contributed by atoms with E-state index in [0.717, 1.165) is 68.1 Å². The van der Waals surface area contributed by atoms with Gasteiger partial charge in [-0.2, -0.15) is 0 Å². The van der Waals surface area contributed by atoms with Crippen LogP contribution >= 0.6 is 34.8 Å². The summed E-state index contributed by atoms with van der Waals surface area (Å²) in [6.07, 6.45) is 10.9. The monoisotopic (exact) mass is 874 g/mol. The first-order chi connectivity index (χ1) is 29.0. The van der Waals surface area contributed by atoms with E-state index in [1.54, 1.807) is 18.2 Å². The summed E-state index contributed by atoms with van der Waals surface area (Å²) in [6, 6.07) is 28.8. The third kappa shape index (κ3) is 12.6. The van der Waals surface area contributed by atoms with Crippen molar-refractivity contribution >= 4 is 69.6 Å². The number of hydrogen-bond donors (Lipinski definition) is 8. The molecular formula is C46H50Cl3FN6O4. The minimum atomic E-state index is -0.452. The number of carbonyl (C=O) groups is 2. The summed E-state index contributed by atoms with van der Waals surface area (Å²) < 4.78 is 13.9. The fourth-order valence-corrected chi connectivity index (χ4v) is 8.13. The lowest BCUT2D eigenvalue weighted by atomic mass is 9.96. The van der Waals surface area contributed by atoms with Crippen molar-refractivity contribution in [3.8, 4) is 22.6 Å². The van der Waals surface area contributed by atoms with Crippen LogP contribution in [0.2, 0.25) is 15.1 Å². The van der Waals surface area contributed by atoms with Crippen LogP contribution in [0.1, 0.15) is 75.3 Å². The average Bonchev–Trinajstić information content (AvgIpc) is 3.24. The molecule has 0 atom stereocenters. The molecule has 4 amide bonds. The first kappa shape index (κ1) is 44.2. The third-order valence-corrected chi connectivity index (χ3v) is 11.5. The van der Waals surface area contributed by atoms with Crippen LogP contribution in [0.3, 0.4) is 0 Å². The molecular weight excluding hydrogens is 826 g/mol. The highest BCUT2D eigenvalue weighted by Gasteiger charge is 2.19. The van der Waals surface area contributed by atoms with E-state index in [4.69, 9.17) is 34.8 Å². The number of aromatic hydroxyl groups is 2. The van der Waals surface area contributed by atoms with E-state index >= 15 is 0 Å². The Balaban J connectivity index is 0.000000203. The van der Waals surface area contributed by atoms with E-state index in [9.17, 15) is 24.2 Å². The van der Waals surface area contributed by atoms with Gasteiger partial charge in [-0.15, -0.1) is 0 Å². The SMILES string of the molecule is O=C(Nc1cc(Cl)c(O)c(NCc2c(F)cccc2Cl)c1)NC1CCCCC1.O=C(Nc1cc(Cl)c(O)c(NCc2ccccc2-c2ccccc2)c1)NC1CCCCC1. The highest BCUT2D eigenvalue weighted by Crippen LogP contribution is 2.37. The lowest BCUT2D eigenvalue weighted by Crippen LogP contribution is -2.39. The number of benzene rings is 5. The van der Waals surface area contributed by atoms with Gasteiger partial charge in [-0.1, -0.05) is 134 Å². The molecule has 0 radical (unpaired) electrons. The van der Waals surface area contributed by atoms with Crippen molar-refractivity contribution < 1.29 is 24.2 Å². The summed E-state index contributed by atoms with van der Waals surface area (Å²) in [6.45, 7) is 0.541. The van der Waals surface area contributed by atoms with Crippen LogP contribution in [0.15, 0.2) is 97.1 Å². The van der Waals surface area contributed by atoms with Gasteiger partial charge < -0.3 is 42.1 Å². The fraction of sp³-hybridized carbons (Fsp3) is 0.304. The standard InChI is InChI=1S/C26H28ClN3O2.C20H22Cl2FN3O2/c27-23-15-21(30-26(32)29-20-12-5-2-6-13-20)16-24(25(23)31)28-17-19-11-7-8-14-22(19)18-9-3-1-4-10-18;21-15-7-4-8-17(23)14(15)11-24-18-10-13(9-16(22)19(18)27)26-20(28)25-12-5-2-1-3-6-12/h1,3-4,7-11,14-16,20,28,31H,2,5-6,12-13,17H2,(H2,29,30,32);4,7-10,12,24,27H,1-3,5-6,11H2,(H2,25,26,28). The molecule has 5 aromatic rings. The number of anilines is 4. The Kier molecular flexibility index (Phi) is 16.0. The molecule has 7 rings (SSSR count). The minimum absolute atomic E-state index is 0.0397. The van der Waals surface area contributed by atoms with E-state index in [1.165, 1.54) is 37.1 Å². The zero-order valence-corrected chi connectivity index (χ0v) is 35.4. The topological polar surface area (TPSA) is 147 Å². The summed E-state index contributed by atoms with van der Waals surface area (Å²) in [7, 11) is 0. The van der Waals surface area contributed by atoms with Gasteiger partial charge in [0.25, 0.3) is 0 Å². The molecule has 2 saturated carbocycles. The molecule has 2 aliphatic carbocycles. The zero-order chi connectivity index (χ0) is 42.4. The van der Waals surface area contributed by atoms with Crippen molar-refractivity contribution in [3.05, 3.63) is 129 Å².